The minimum atomic E-state index is -0.0198. The molecular formula is C21H29N5O2. The van der Waals surface area contributed by atoms with Gasteiger partial charge in [-0.2, -0.15) is 5.10 Å². The zero-order chi connectivity index (χ0) is 19.3. The lowest BCUT2D eigenvalue weighted by Gasteiger charge is -2.33. The van der Waals surface area contributed by atoms with Gasteiger partial charge >= 0.3 is 0 Å². The maximum absolute atomic E-state index is 11.2. The topological polar surface area (TPSA) is 72.3 Å². The highest BCUT2D eigenvalue weighted by Gasteiger charge is 2.26. The van der Waals surface area contributed by atoms with Crippen LogP contribution in [0.4, 0.5) is 0 Å². The predicted molar refractivity (Wildman–Crippen MR) is 108 cm³/mol. The van der Waals surface area contributed by atoms with Crippen LogP contribution in [0.5, 0.6) is 0 Å². The second-order valence-corrected chi connectivity index (χ2v) is 7.74. The van der Waals surface area contributed by atoms with E-state index in [9.17, 15) is 4.79 Å². The summed E-state index contributed by atoms with van der Waals surface area (Å²) in [5.41, 5.74) is 3.45. The number of nitrogens with zero attached hydrogens (tertiary/aromatic N) is 4. The van der Waals surface area contributed by atoms with Gasteiger partial charge in [-0.25, -0.2) is 9.67 Å². The lowest BCUT2D eigenvalue weighted by molar-refractivity contribution is -0.118. The van der Waals surface area contributed by atoms with Crippen LogP contribution >= 0.6 is 0 Å². The van der Waals surface area contributed by atoms with Crippen LogP contribution in [0, 0.1) is 0 Å². The SMILES string of the molecule is CC(=O)NCCn1nc([C@@H]2CCCN(CC3=CCCOC3)C2)c2cccnc21. The maximum atomic E-state index is 11.2. The van der Waals surface area contributed by atoms with Gasteiger partial charge in [-0.1, -0.05) is 6.08 Å². The Labute approximate surface area is 165 Å². The fourth-order valence-electron chi connectivity index (χ4n) is 4.26. The van der Waals surface area contributed by atoms with E-state index in [1.54, 1.807) is 0 Å². The van der Waals surface area contributed by atoms with Crippen molar-refractivity contribution in [3.05, 3.63) is 35.7 Å². The highest BCUT2D eigenvalue weighted by atomic mass is 16.5. The van der Waals surface area contributed by atoms with E-state index in [1.165, 1.54) is 18.9 Å². The molecule has 4 heterocycles. The molecule has 28 heavy (non-hydrogen) atoms. The van der Waals surface area contributed by atoms with Gasteiger partial charge in [0.05, 0.1) is 25.5 Å². The van der Waals surface area contributed by atoms with Crippen molar-refractivity contribution in [3.8, 4) is 0 Å². The van der Waals surface area contributed by atoms with E-state index >= 15 is 0 Å². The molecule has 1 atom stereocenters. The van der Waals surface area contributed by atoms with Gasteiger partial charge in [0.15, 0.2) is 5.65 Å². The van der Waals surface area contributed by atoms with Crippen molar-refractivity contribution in [1.29, 1.82) is 0 Å². The molecule has 2 aliphatic heterocycles. The van der Waals surface area contributed by atoms with Crippen molar-refractivity contribution in [1.82, 2.24) is 25.0 Å². The summed E-state index contributed by atoms with van der Waals surface area (Å²) in [4.78, 5) is 18.3. The fraction of sp³-hybridized carbons (Fsp3) is 0.571. The van der Waals surface area contributed by atoms with Crippen molar-refractivity contribution in [2.24, 2.45) is 0 Å². The zero-order valence-corrected chi connectivity index (χ0v) is 16.6. The normalized spacial score (nSPS) is 20.9. The second kappa shape index (κ2) is 8.84. The largest absolute Gasteiger partial charge is 0.377 e. The third kappa shape index (κ3) is 4.42. The van der Waals surface area contributed by atoms with Crippen LogP contribution in [-0.4, -0.2) is 65.0 Å². The van der Waals surface area contributed by atoms with Crippen molar-refractivity contribution < 1.29 is 9.53 Å². The van der Waals surface area contributed by atoms with Gasteiger partial charge in [-0.15, -0.1) is 0 Å². The molecule has 4 rings (SSSR count). The van der Waals surface area contributed by atoms with Crippen LogP contribution in [0.2, 0.25) is 0 Å². The highest BCUT2D eigenvalue weighted by molar-refractivity contribution is 5.79. The van der Waals surface area contributed by atoms with E-state index < -0.39 is 0 Å². The summed E-state index contributed by atoms with van der Waals surface area (Å²) < 4.78 is 7.54. The molecule has 1 N–H and O–H groups in total. The first kappa shape index (κ1) is 19.1. The van der Waals surface area contributed by atoms with E-state index in [1.807, 2.05) is 16.9 Å². The highest BCUT2D eigenvalue weighted by Crippen LogP contribution is 2.31. The smallest absolute Gasteiger partial charge is 0.216 e. The average molecular weight is 383 g/mol. The molecule has 7 heteroatoms. The molecule has 0 aromatic carbocycles. The lowest BCUT2D eigenvalue weighted by Crippen LogP contribution is -2.37. The number of hydrogen-bond donors (Lipinski definition) is 1. The number of nitrogens with one attached hydrogen (secondary N) is 1. The molecule has 2 aromatic rings. The number of likely N-dealkylation sites (tertiary alicyclic amines) is 1. The molecule has 2 aliphatic rings. The zero-order valence-electron chi connectivity index (χ0n) is 16.6. The van der Waals surface area contributed by atoms with Crippen LogP contribution in [0.15, 0.2) is 30.0 Å². The lowest BCUT2D eigenvalue weighted by atomic mass is 9.93. The van der Waals surface area contributed by atoms with Gasteiger partial charge in [0.2, 0.25) is 5.91 Å². The second-order valence-electron chi connectivity index (χ2n) is 7.74. The third-order valence-electron chi connectivity index (χ3n) is 5.53. The monoisotopic (exact) mass is 383 g/mol. The van der Waals surface area contributed by atoms with Crippen LogP contribution in [0.25, 0.3) is 11.0 Å². The van der Waals surface area contributed by atoms with E-state index in [4.69, 9.17) is 9.84 Å². The number of carbonyl (C=O) groups excluding carboxylic acids is 1. The van der Waals surface area contributed by atoms with E-state index in [0.717, 1.165) is 62.4 Å². The molecule has 7 nitrogen and oxygen atoms in total. The number of pyridine rings is 1. The summed E-state index contributed by atoms with van der Waals surface area (Å²) in [6.45, 7) is 7.50. The van der Waals surface area contributed by atoms with Crippen LogP contribution in [-0.2, 0) is 16.1 Å². The molecule has 1 amide bonds. The Hall–Kier alpha value is -2.25. The van der Waals surface area contributed by atoms with Crippen LogP contribution in [0.1, 0.15) is 37.8 Å². The standard InChI is InChI=1S/C21H29N5O2/c1-16(27)22-9-11-26-21-19(7-2-8-23-21)20(24-26)18-6-3-10-25(14-18)13-17-5-4-12-28-15-17/h2,5,7-8,18H,3-4,6,9-15H2,1H3,(H,22,27)/t18-/m1/s1. The molecule has 0 radical (unpaired) electrons. The Bertz CT molecular complexity index is 860. The van der Waals surface area contributed by atoms with E-state index in [-0.39, 0.29) is 5.91 Å². The summed E-state index contributed by atoms with van der Waals surface area (Å²) in [6.07, 6.45) is 7.51. The van der Waals surface area contributed by atoms with Crippen LogP contribution in [0.3, 0.4) is 0 Å². The first-order valence-electron chi connectivity index (χ1n) is 10.2. The van der Waals surface area contributed by atoms with Gasteiger partial charge in [0.1, 0.15) is 0 Å². The number of ether oxygens (including phenoxy) is 1. The summed E-state index contributed by atoms with van der Waals surface area (Å²) in [5, 5.41) is 8.91. The predicted octanol–water partition coefficient (Wildman–Crippen LogP) is 2.09. The number of rotatable bonds is 6. The number of carbonyl (C=O) groups is 1. The third-order valence-corrected chi connectivity index (χ3v) is 5.53. The molecular weight excluding hydrogens is 354 g/mol. The average Bonchev–Trinajstić information content (AvgIpc) is 3.08. The summed E-state index contributed by atoms with van der Waals surface area (Å²) in [6, 6.07) is 4.10. The van der Waals surface area contributed by atoms with Gasteiger partial charge in [-0.05, 0) is 43.5 Å². The van der Waals surface area contributed by atoms with Crippen molar-refractivity contribution in [2.45, 2.75) is 38.6 Å². The minimum absolute atomic E-state index is 0.0198. The molecule has 1 fully saturated rings. The molecule has 0 aliphatic carbocycles. The Balaban J connectivity index is 1.51. The Morgan fingerprint density at radius 3 is 3.18 bits per heavy atom. The summed E-state index contributed by atoms with van der Waals surface area (Å²) in [7, 11) is 0. The summed E-state index contributed by atoms with van der Waals surface area (Å²) >= 11 is 0. The number of fused-ring (bicyclic) bond motifs is 1. The van der Waals surface area contributed by atoms with Crippen LogP contribution < -0.4 is 5.32 Å². The maximum Gasteiger partial charge on any atom is 0.216 e. The molecule has 150 valence electrons. The minimum Gasteiger partial charge on any atom is -0.377 e. The van der Waals surface area contributed by atoms with Crippen molar-refractivity contribution in [3.63, 3.8) is 0 Å². The molecule has 0 spiro atoms. The molecule has 1 saturated heterocycles. The molecule has 0 unspecified atom stereocenters. The quantitative estimate of drug-likeness (QED) is 0.774. The van der Waals surface area contributed by atoms with Crippen molar-refractivity contribution in [2.75, 3.05) is 39.4 Å². The number of amides is 1. The van der Waals surface area contributed by atoms with Gasteiger partial charge in [0.25, 0.3) is 0 Å². The number of aromatic nitrogens is 3. The fourth-order valence-corrected chi connectivity index (χ4v) is 4.26. The first-order chi connectivity index (χ1) is 13.7. The number of piperidine rings is 1. The molecule has 0 bridgehead atoms. The Morgan fingerprint density at radius 1 is 1.43 bits per heavy atom. The van der Waals surface area contributed by atoms with Crippen molar-refractivity contribution >= 4 is 16.9 Å². The Kier molecular flexibility index (Phi) is 6.02. The summed E-state index contributed by atoms with van der Waals surface area (Å²) in [5.74, 6) is 0.390. The molecule has 0 saturated carbocycles. The first-order valence-corrected chi connectivity index (χ1v) is 10.2. The number of hydrogen-bond acceptors (Lipinski definition) is 5. The van der Waals surface area contributed by atoms with Gasteiger partial charge < -0.3 is 10.1 Å². The Morgan fingerprint density at radius 2 is 2.36 bits per heavy atom. The van der Waals surface area contributed by atoms with E-state index in [0.29, 0.717) is 19.0 Å². The van der Waals surface area contributed by atoms with Gasteiger partial charge in [0, 0.05) is 44.1 Å². The molecule has 2 aromatic heterocycles. The van der Waals surface area contributed by atoms with Gasteiger partial charge in [-0.3, -0.25) is 9.69 Å². The van der Waals surface area contributed by atoms with E-state index in [2.05, 4.69) is 27.3 Å².